The molecule has 0 saturated heterocycles. The molecule has 94 valence electrons. The van der Waals surface area contributed by atoms with Crippen molar-refractivity contribution in [3.63, 3.8) is 0 Å². The van der Waals surface area contributed by atoms with E-state index in [-0.39, 0.29) is 0 Å². The molecule has 0 spiro atoms. The molecular formula is C13H26N2O. The van der Waals surface area contributed by atoms with Crippen LogP contribution in [0, 0.1) is 5.41 Å². The molecule has 0 amide bonds. The molecule has 2 aliphatic carbocycles. The van der Waals surface area contributed by atoms with Gasteiger partial charge >= 0.3 is 0 Å². The topological polar surface area (TPSA) is 58.3 Å². The average molecular weight is 226 g/mol. The van der Waals surface area contributed by atoms with E-state index < -0.39 is 5.60 Å². The standard InChI is InChI=1S/C13H26N2O/c1-12(2)3-5-13(16,6-4-12)9-15-11-7-10(14)8-11/h10-11,15-16H,3-9,14H2,1-2H3. The van der Waals surface area contributed by atoms with Gasteiger partial charge in [-0.3, -0.25) is 0 Å². The van der Waals surface area contributed by atoms with Crippen molar-refractivity contribution < 1.29 is 5.11 Å². The Kier molecular flexibility index (Phi) is 3.30. The molecule has 0 aliphatic heterocycles. The van der Waals surface area contributed by atoms with Gasteiger partial charge in [0.15, 0.2) is 0 Å². The molecule has 3 nitrogen and oxygen atoms in total. The zero-order chi connectivity index (χ0) is 11.8. The van der Waals surface area contributed by atoms with Gasteiger partial charge in [0, 0.05) is 18.6 Å². The van der Waals surface area contributed by atoms with E-state index in [0.717, 1.165) is 45.1 Å². The summed E-state index contributed by atoms with van der Waals surface area (Å²) in [6.45, 7) is 5.34. The summed E-state index contributed by atoms with van der Waals surface area (Å²) in [4.78, 5) is 0. The Hall–Kier alpha value is -0.120. The summed E-state index contributed by atoms with van der Waals surface area (Å²) in [5, 5.41) is 13.9. The van der Waals surface area contributed by atoms with Crippen LogP contribution in [-0.2, 0) is 0 Å². The van der Waals surface area contributed by atoms with Gasteiger partial charge in [-0.05, 0) is 43.9 Å². The second-order valence-corrected chi connectivity index (χ2v) is 6.70. The summed E-state index contributed by atoms with van der Waals surface area (Å²) in [6.07, 6.45) is 6.28. The Balaban J connectivity index is 1.72. The zero-order valence-corrected chi connectivity index (χ0v) is 10.6. The monoisotopic (exact) mass is 226 g/mol. The second-order valence-electron chi connectivity index (χ2n) is 6.70. The molecule has 16 heavy (non-hydrogen) atoms. The summed E-state index contributed by atoms with van der Waals surface area (Å²) in [7, 11) is 0. The zero-order valence-electron chi connectivity index (χ0n) is 10.6. The molecule has 2 aliphatic rings. The lowest BCUT2D eigenvalue weighted by Crippen LogP contribution is -2.54. The van der Waals surface area contributed by atoms with Gasteiger partial charge in [0.05, 0.1) is 5.60 Å². The summed E-state index contributed by atoms with van der Waals surface area (Å²) >= 11 is 0. The molecule has 0 aromatic heterocycles. The molecular weight excluding hydrogens is 200 g/mol. The number of nitrogens with two attached hydrogens (primary N) is 1. The van der Waals surface area contributed by atoms with Gasteiger partial charge in [0.2, 0.25) is 0 Å². The molecule has 2 saturated carbocycles. The predicted molar refractivity (Wildman–Crippen MR) is 66.2 cm³/mol. The van der Waals surface area contributed by atoms with Crippen LogP contribution in [0.2, 0.25) is 0 Å². The number of rotatable bonds is 3. The van der Waals surface area contributed by atoms with E-state index in [1.54, 1.807) is 0 Å². The number of hydrogen-bond acceptors (Lipinski definition) is 3. The van der Waals surface area contributed by atoms with Crippen molar-refractivity contribution in [2.75, 3.05) is 6.54 Å². The first-order valence-corrected chi connectivity index (χ1v) is 6.60. The van der Waals surface area contributed by atoms with Crippen LogP contribution >= 0.6 is 0 Å². The van der Waals surface area contributed by atoms with Crippen molar-refractivity contribution in [2.45, 2.75) is 70.1 Å². The van der Waals surface area contributed by atoms with Gasteiger partial charge < -0.3 is 16.2 Å². The van der Waals surface area contributed by atoms with E-state index in [0.29, 0.717) is 17.5 Å². The van der Waals surface area contributed by atoms with E-state index in [2.05, 4.69) is 19.2 Å². The first-order valence-electron chi connectivity index (χ1n) is 6.60. The SMILES string of the molecule is CC1(C)CCC(O)(CNC2CC(N)C2)CC1. The predicted octanol–water partition coefficient (Wildman–Crippen LogP) is 1.40. The minimum Gasteiger partial charge on any atom is -0.389 e. The van der Waals surface area contributed by atoms with E-state index in [1.807, 2.05) is 0 Å². The Morgan fingerprint density at radius 3 is 2.25 bits per heavy atom. The summed E-state index contributed by atoms with van der Waals surface area (Å²) in [6, 6.07) is 0.936. The lowest BCUT2D eigenvalue weighted by molar-refractivity contribution is -0.0281. The molecule has 0 heterocycles. The van der Waals surface area contributed by atoms with Crippen molar-refractivity contribution >= 4 is 0 Å². The summed E-state index contributed by atoms with van der Waals surface area (Å²) in [5.41, 5.74) is 5.70. The molecule has 2 fully saturated rings. The maximum atomic E-state index is 10.4. The Labute approximate surface area is 98.8 Å². The minimum absolute atomic E-state index is 0.387. The smallest absolute Gasteiger partial charge is 0.0772 e. The van der Waals surface area contributed by atoms with Gasteiger partial charge in [-0.2, -0.15) is 0 Å². The third kappa shape index (κ3) is 2.96. The second kappa shape index (κ2) is 4.28. The Bertz CT molecular complexity index is 236. The quantitative estimate of drug-likeness (QED) is 0.682. The van der Waals surface area contributed by atoms with Crippen molar-refractivity contribution in [1.29, 1.82) is 0 Å². The molecule has 0 aromatic carbocycles. The minimum atomic E-state index is -0.463. The Morgan fingerprint density at radius 2 is 1.75 bits per heavy atom. The highest BCUT2D eigenvalue weighted by atomic mass is 16.3. The molecule has 3 heteroatoms. The Morgan fingerprint density at radius 1 is 1.19 bits per heavy atom. The number of nitrogens with one attached hydrogen (secondary N) is 1. The van der Waals surface area contributed by atoms with Crippen molar-refractivity contribution in [3.05, 3.63) is 0 Å². The summed E-state index contributed by atoms with van der Waals surface area (Å²) < 4.78 is 0. The maximum absolute atomic E-state index is 10.4. The first kappa shape index (κ1) is 12.3. The molecule has 0 atom stereocenters. The summed E-state index contributed by atoms with van der Waals surface area (Å²) in [5.74, 6) is 0. The van der Waals surface area contributed by atoms with Crippen LogP contribution in [0.1, 0.15) is 52.4 Å². The highest BCUT2D eigenvalue weighted by molar-refractivity contribution is 4.94. The van der Waals surface area contributed by atoms with Gasteiger partial charge in [0.1, 0.15) is 0 Å². The van der Waals surface area contributed by atoms with Crippen molar-refractivity contribution in [3.8, 4) is 0 Å². The molecule has 4 N–H and O–H groups in total. The lowest BCUT2D eigenvalue weighted by Gasteiger charge is -2.42. The lowest BCUT2D eigenvalue weighted by atomic mass is 9.71. The van der Waals surface area contributed by atoms with Crippen LogP contribution in [0.15, 0.2) is 0 Å². The molecule has 0 unspecified atom stereocenters. The van der Waals surface area contributed by atoms with E-state index >= 15 is 0 Å². The molecule has 2 rings (SSSR count). The number of aliphatic hydroxyl groups is 1. The largest absolute Gasteiger partial charge is 0.389 e. The van der Waals surface area contributed by atoms with Crippen molar-refractivity contribution in [2.24, 2.45) is 11.1 Å². The van der Waals surface area contributed by atoms with Crippen LogP contribution in [0.5, 0.6) is 0 Å². The van der Waals surface area contributed by atoms with Crippen LogP contribution in [-0.4, -0.2) is 29.3 Å². The van der Waals surface area contributed by atoms with E-state index in [4.69, 9.17) is 5.73 Å². The third-order valence-corrected chi connectivity index (χ3v) is 4.43. The van der Waals surface area contributed by atoms with Crippen LogP contribution in [0.3, 0.4) is 0 Å². The highest BCUT2D eigenvalue weighted by Gasteiger charge is 2.37. The molecule has 0 bridgehead atoms. The fourth-order valence-electron chi connectivity index (χ4n) is 2.73. The van der Waals surface area contributed by atoms with Crippen molar-refractivity contribution in [1.82, 2.24) is 5.32 Å². The van der Waals surface area contributed by atoms with E-state index in [1.165, 1.54) is 0 Å². The normalized spacial score (nSPS) is 36.8. The fraction of sp³-hybridized carbons (Fsp3) is 1.00. The van der Waals surface area contributed by atoms with E-state index in [9.17, 15) is 5.11 Å². The molecule has 0 radical (unpaired) electrons. The first-order chi connectivity index (χ1) is 7.39. The number of hydrogen-bond donors (Lipinski definition) is 3. The van der Waals surface area contributed by atoms with Gasteiger partial charge in [-0.15, -0.1) is 0 Å². The van der Waals surface area contributed by atoms with Gasteiger partial charge in [-0.1, -0.05) is 13.8 Å². The van der Waals surface area contributed by atoms with Crippen LogP contribution in [0.4, 0.5) is 0 Å². The highest BCUT2D eigenvalue weighted by Crippen LogP contribution is 2.40. The fourth-order valence-corrected chi connectivity index (χ4v) is 2.73. The van der Waals surface area contributed by atoms with Gasteiger partial charge in [-0.25, -0.2) is 0 Å². The third-order valence-electron chi connectivity index (χ3n) is 4.43. The van der Waals surface area contributed by atoms with Crippen LogP contribution < -0.4 is 11.1 Å². The maximum Gasteiger partial charge on any atom is 0.0772 e. The van der Waals surface area contributed by atoms with Gasteiger partial charge in [0.25, 0.3) is 0 Å². The average Bonchev–Trinajstić information content (AvgIpc) is 2.17. The van der Waals surface area contributed by atoms with Crippen LogP contribution in [0.25, 0.3) is 0 Å². The molecule has 0 aromatic rings.